The van der Waals surface area contributed by atoms with Gasteiger partial charge in [0.1, 0.15) is 17.9 Å². The van der Waals surface area contributed by atoms with Gasteiger partial charge in [0, 0.05) is 30.6 Å². The van der Waals surface area contributed by atoms with Gasteiger partial charge < -0.3 is 35.8 Å². The molecule has 0 bridgehead atoms. The van der Waals surface area contributed by atoms with E-state index in [-0.39, 0.29) is 24.1 Å². The summed E-state index contributed by atoms with van der Waals surface area (Å²) in [5.74, 6) is -2.58. The molecule has 2 aromatic carbocycles. The Morgan fingerprint density at radius 1 is 0.955 bits per heavy atom. The van der Waals surface area contributed by atoms with Crippen LogP contribution in [0.25, 0.3) is 10.9 Å². The maximum Gasteiger partial charge on any atom is 0.326 e. The Morgan fingerprint density at radius 3 is 2.18 bits per heavy atom. The Hall–Kier alpha value is -5.71. The minimum atomic E-state index is -1.55. The van der Waals surface area contributed by atoms with E-state index in [1.165, 1.54) is 12.1 Å². The highest BCUT2D eigenvalue weighted by Crippen LogP contribution is 2.20. The van der Waals surface area contributed by atoms with Crippen LogP contribution in [0.2, 0.25) is 0 Å². The number of benzene rings is 2. The van der Waals surface area contributed by atoms with Gasteiger partial charge in [-0.05, 0) is 61.7 Å². The number of H-pyrrole nitrogens is 1. The van der Waals surface area contributed by atoms with Crippen molar-refractivity contribution in [2.75, 3.05) is 11.4 Å². The molecular weight excluding hydrogens is 574 g/mol. The van der Waals surface area contributed by atoms with Crippen LogP contribution in [0.15, 0.2) is 47.3 Å². The number of aromatic amines is 1. The number of aromatic nitrogens is 2. The molecule has 2 amide bonds. The molecule has 0 aliphatic heterocycles. The number of rotatable bonds is 15. The van der Waals surface area contributed by atoms with Gasteiger partial charge in [-0.3, -0.25) is 24.0 Å². The lowest BCUT2D eigenvalue weighted by Crippen LogP contribution is -2.51. The van der Waals surface area contributed by atoms with Crippen molar-refractivity contribution in [2.24, 2.45) is 0 Å². The van der Waals surface area contributed by atoms with E-state index < -0.39 is 61.1 Å². The number of fused-ring (bicyclic) bond motifs is 1. The number of terminal acetylenes is 1. The predicted octanol–water partition coefficient (Wildman–Crippen LogP) is 1.27. The van der Waals surface area contributed by atoms with Crippen molar-refractivity contribution in [1.29, 1.82) is 0 Å². The smallest absolute Gasteiger partial charge is 0.326 e. The number of carbonyl (C=O) groups excluding carboxylic acids is 2. The van der Waals surface area contributed by atoms with Crippen LogP contribution < -0.4 is 21.1 Å². The Morgan fingerprint density at radius 2 is 1.59 bits per heavy atom. The van der Waals surface area contributed by atoms with Crippen LogP contribution in [0, 0.1) is 19.3 Å². The van der Waals surface area contributed by atoms with Crippen LogP contribution in [-0.4, -0.2) is 73.6 Å². The van der Waals surface area contributed by atoms with E-state index in [2.05, 4.69) is 26.5 Å². The summed E-state index contributed by atoms with van der Waals surface area (Å²) in [6, 6.07) is 8.56. The van der Waals surface area contributed by atoms with E-state index in [4.69, 9.17) is 16.6 Å². The number of anilines is 1. The average Bonchev–Trinajstić information content (AvgIpc) is 2.96. The summed E-state index contributed by atoms with van der Waals surface area (Å²) < 4.78 is 0. The molecule has 6 N–H and O–H groups in total. The molecule has 0 aliphatic carbocycles. The quantitative estimate of drug-likeness (QED) is 0.135. The van der Waals surface area contributed by atoms with Gasteiger partial charge in [-0.25, -0.2) is 9.78 Å². The standard InChI is InChI=1S/C30H31N5O9/c1-3-14-35(16-18-4-9-22-21(15-18)28(41)32-17(2)31-22)20-7-5-19(6-8-20)27(40)33-23(10-12-25(36)37)29(42)34-24(30(43)44)11-13-26(38)39/h1,4-9,15,23-24H,10-14,16H2,2H3,(H,33,40)(H,34,42)(H,36,37)(H,38,39)(H,43,44)(H,31,32,41)/t23-,24+/m0/s1. The van der Waals surface area contributed by atoms with E-state index in [0.717, 1.165) is 5.56 Å². The first-order valence-corrected chi connectivity index (χ1v) is 13.4. The van der Waals surface area contributed by atoms with Crippen LogP contribution in [0.5, 0.6) is 0 Å². The zero-order chi connectivity index (χ0) is 32.4. The number of hydrogen-bond acceptors (Lipinski definition) is 8. The van der Waals surface area contributed by atoms with Crippen LogP contribution in [0.1, 0.15) is 47.4 Å². The first kappa shape index (κ1) is 32.8. The lowest BCUT2D eigenvalue weighted by molar-refractivity contribution is -0.143. The molecule has 3 aromatic rings. The highest BCUT2D eigenvalue weighted by Gasteiger charge is 2.28. The number of hydrogen-bond donors (Lipinski definition) is 6. The van der Waals surface area contributed by atoms with Gasteiger partial charge in [-0.2, -0.15) is 0 Å². The first-order chi connectivity index (χ1) is 20.9. The molecule has 0 radical (unpaired) electrons. The van der Waals surface area contributed by atoms with Crippen LogP contribution in [0.3, 0.4) is 0 Å². The minimum absolute atomic E-state index is 0.127. The van der Waals surface area contributed by atoms with Crippen molar-refractivity contribution in [1.82, 2.24) is 20.6 Å². The van der Waals surface area contributed by atoms with E-state index in [1.54, 1.807) is 31.2 Å². The molecule has 2 atom stereocenters. The summed E-state index contributed by atoms with van der Waals surface area (Å²) in [5, 5.41) is 32.3. The van der Waals surface area contributed by atoms with Crippen molar-refractivity contribution < 1.29 is 39.3 Å². The number of nitrogens with zero attached hydrogens (tertiary/aromatic N) is 2. The number of carboxylic acids is 3. The number of amides is 2. The fourth-order valence-electron chi connectivity index (χ4n) is 4.37. The van der Waals surface area contributed by atoms with Gasteiger partial charge in [-0.15, -0.1) is 6.42 Å². The highest BCUT2D eigenvalue weighted by molar-refractivity contribution is 5.98. The predicted molar refractivity (Wildman–Crippen MR) is 158 cm³/mol. The molecular formula is C30H31N5O9. The van der Waals surface area contributed by atoms with Gasteiger partial charge in [-0.1, -0.05) is 12.0 Å². The molecule has 14 nitrogen and oxygen atoms in total. The first-order valence-electron chi connectivity index (χ1n) is 13.4. The Kier molecular flexibility index (Phi) is 11.2. The molecule has 0 aliphatic rings. The van der Waals surface area contributed by atoms with Gasteiger partial charge in [0.15, 0.2) is 0 Å². The number of aryl methyl sites for hydroxylation is 1. The monoisotopic (exact) mass is 605 g/mol. The topological polar surface area (TPSA) is 219 Å². The summed E-state index contributed by atoms with van der Waals surface area (Å²) >= 11 is 0. The lowest BCUT2D eigenvalue weighted by Gasteiger charge is -2.23. The summed E-state index contributed by atoms with van der Waals surface area (Å²) in [7, 11) is 0. The largest absolute Gasteiger partial charge is 0.481 e. The lowest BCUT2D eigenvalue weighted by atomic mass is 10.1. The SMILES string of the molecule is C#CCN(Cc1ccc2nc(C)[nH]c(=O)c2c1)c1ccc(C(=O)N[C@@H](CCC(=O)O)C(=O)N[C@H](CCC(=O)O)C(=O)O)cc1. The average molecular weight is 606 g/mol. The maximum atomic E-state index is 13.0. The van der Waals surface area contributed by atoms with Crippen molar-refractivity contribution >= 4 is 46.3 Å². The number of nitrogens with one attached hydrogen (secondary N) is 3. The third-order valence-corrected chi connectivity index (χ3v) is 6.57. The molecule has 3 rings (SSSR count). The molecule has 230 valence electrons. The second-order valence-corrected chi connectivity index (χ2v) is 9.90. The van der Waals surface area contributed by atoms with Crippen molar-refractivity contribution in [3.63, 3.8) is 0 Å². The molecule has 0 saturated heterocycles. The summed E-state index contributed by atoms with van der Waals surface area (Å²) in [6.45, 7) is 2.23. The Bertz CT molecular complexity index is 1660. The second-order valence-electron chi connectivity index (χ2n) is 9.90. The maximum absolute atomic E-state index is 13.0. The molecule has 1 heterocycles. The number of carboxylic acid groups (broad SMARTS) is 3. The van der Waals surface area contributed by atoms with Gasteiger partial charge >= 0.3 is 17.9 Å². The summed E-state index contributed by atoms with van der Waals surface area (Å²) in [4.78, 5) is 80.5. The van der Waals surface area contributed by atoms with Crippen molar-refractivity contribution in [2.45, 2.75) is 51.2 Å². The third kappa shape index (κ3) is 9.15. The van der Waals surface area contributed by atoms with Gasteiger partial charge in [0.05, 0.1) is 17.4 Å². The minimum Gasteiger partial charge on any atom is -0.481 e. The Balaban J connectivity index is 1.75. The van der Waals surface area contributed by atoms with Crippen molar-refractivity contribution in [3.8, 4) is 12.3 Å². The van der Waals surface area contributed by atoms with E-state index in [0.29, 0.717) is 29.0 Å². The summed E-state index contributed by atoms with van der Waals surface area (Å²) in [6.07, 6.45) is 3.82. The van der Waals surface area contributed by atoms with Crippen LogP contribution >= 0.6 is 0 Å². The van der Waals surface area contributed by atoms with Gasteiger partial charge in [0.25, 0.3) is 11.5 Å². The van der Waals surface area contributed by atoms with Crippen molar-refractivity contribution in [3.05, 3.63) is 69.8 Å². The zero-order valence-corrected chi connectivity index (χ0v) is 23.7. The molecule has 0 fully saturated rings. The second kappa shape index (κ2) is 15.0. The molecule has 0 saturated carbocycles. The van der Waals surface area contributed by atoms with Crippen LogP contribution in [0.4, 0.5) is 5.69 Å². The molecule has 0 spiro atoms. The molecule has 0 unspecified atom stereocenters. The summed E-state index contributed by atoms with van der Waals surface area (Å²) in [5.41, 5.74) is 1.87. The molecule has 14 heteroatoms. The Labute approximate surface area is 251 Å². The normalized spacial score (nSPS) is 12.0. The molecule has 1 aromatic heterocycles. The third-order valence-electron chi connectivity index (χ3n) is 6.57. The highest BCUT2D eigenvalue weighted by atomic mass is 16.4. The number of aliphatic carboxylic acids is 3. The van der Waals surface area contributed by atoms with Gasteiger partial charge in [0.2, 0.25) is 5.91 Å². The number of carbonyl (C=O) groups is 5. The van der Waals surface area contributed by atoms with E-state index >= 15 is 0 Å². The zero-order valence-electron chi connectivity index (χ0n) is 23.7. The van der Waals surface area contributed by atoms with Crippen LogP contribution in [-0.2, 0) is 25.7 Å². The van der Waals surface area contributed by atoms with E-state index in [9.17, 15) is 33.9 Å². The van der Waals surface area contributed by atoms with E-state index in [1.807, 2.05) is 11.0 Å². The molecule has 44 heavy (non-hydrogen) atoms. The fraction of sp³-hybridized carbons (Fsp3) is 0.300. The fourth-order valence-corrected chi connectivity index (χ4v) is 4.37.